The van der Waals surface area contributed by atoms with Crippen LogP contribution in [0.25, 0.3) is 0 Å². The molecule has 1 amide bonds. The van der Waals surface area contributed by atoms with Crippen molar-refractivity contribution in [3.05, 3.63) is 23.7 Å². The minimum absolute atomic E-state index is 0.0716. The van der Waals surface area contributed by atoms with Gasteiger partial charge in [-0.05, 0) is 25.8 Å². The number of furan rings is 1. The van der Waals surface area contributed by atoms with E-state index < -0.39 is 17.8 Å². The Kier molecular flexibility index (Phi) is 4.47. The molecule has 20 heavy (non-hydrogen) atoms. The molecule has 2 rings (SSSR count). The van der Waals surface area contributed by atoms with Crippen LogP contribution in [0.4, 0.5) is 0 Å². The molecule has 0 radical (unpaired) electrons. The zero-order valence-electron chi connectivity index (χ0n) is 12.0. The van der Waals surface area contributed by atoms with Gasteiger partial charge < -0.3 is 14.4 Å². The smallest absolute Gasteiger partial charge is 0.307 e. The molecular formula is C15H21NO4. The van der Waals surface area contributed by atoms with Gasteiger partial charge in [0.25, 0.3) is 0 Å². The molecule has 2 atom stereocenters. The summed E-state index contributed by atoms with van der Waals surface area (Å²) >= 11 is 0. The van der Waals surface area contributed by atoms with Crippen LogP contribution >= 0.6 is 0 Å². The summed E-state index contributed by atoms with van der Waals surface area (Å²) in [6.45, 7) is 2.32. The van der Waals surface area contributed by atoms with E-state index in [4.69, 9.17) is 4.42 Å². The van der Waals surface area contributed by atoms with E-state index in [-0.39, 0.29) is 5.91 Å². The summed E-state index contributed by atoms with van der Waals surface area (Å²) in [4.78, 5) is 25.4. The second-order valence-electron chi connectivity index (χ2n) is 5.53. The quantitative estimate of drug-likeness (QED) is 0.919. The molecule has 1 aliphatic carbocycles. The maximum Gasteiger partial charge on any atom is 0.307 e. The summed E-state index contributed by atoms with van der Waals surface area (Å²) in [5.41, 5.74) is 0.962. The number of rotatable bonds is 4. The van der Waals surface area contributed by atoms with E-state index >= 15 is 0 Å². The average molecular weight is 279 g/mol. The molecule has 1 saturated carbocycles. The number of carboxylic acid groups (broad SMARTS) is 1. The Labute approximate surface area is 118 Å². The number of hydrogen-bond donors (Lipinski definition) is 1. The molecule has 1 fully saturated rings. The van der Waals surface area contributed by atoms with Gasteiger partial charge in [-0.25, -0.2) is 0 Å². The Morgan fingerprint density at radius 3 is 2.55 bits per heavy atom. The van der Waals surface area contributed by atoms with Gasteiger partial charge in [-0.1, -0.05) is 12.8 Å². The number of amides is 1. The number of aryl methyl sites for hydroxylation is 1. The second kappa shape index (κ2) is 6.11. The summed E-state index contributed by atoms with van der Waals surface area (Å²) in [6, 6.07) is 1.84. The van der Waals surface area contributed by atoms with Crippen molar-refractivity contribution in [2.45, 2.75) is 39.2 Å². The van der Waals surface area contributed by atoms with E-state index in [0.29, 0.717) is 19.4 Å². The molecule has 1 aliphatic rings. The first-order valence-corrected chi connectivity index (χ1v) is 7.01. The fourth-order valence-electron chi connectivity index (χ4n) is 2.91. The van der Waals surface area contributed by atoms with Gasteiger partial charge in [0.05, 0.1) is 18.1 Å². The molecule has 0 bridgehead atoms. The third-order valence-electron chi connectivity index (χ3n) is 4.15. The lowest BCUT2D eigenvalue weighted by Gasteiger charge is -2.31. The number of aliphatic carboxylic acids is 1. The fraction of sp³-hybridized carbons (Fsp3) is 0.600. The van der Waals surface area contributed by atoms with Crippen LogP contribution in [0.2, 0.25) is 0 Å². The molecular weight excluding hydrogens is 258 g/mol. The van der Waals surface area contributed by atoms with Crippen molar-refractivity contribution in [1.82, 2.24) is 4.90 Å². The third kappa shape index (κ3) is 3.03. The van der Waals surface area contributed by atoms with Gasteiger partial charge in [0.2, 0.25) is 5.91 Å². The zero-order valence-corrected chi connectivity index (χ0v) is 12.0. The lowest BCUT2D eigenvalue weighted by molar-refractivity contribution is -0.152. The van der Waals surface area contributed by atoms with Gasteiger partial charge in [-0.3, -0.25) is 9.59 Å². The Hall–Kier alpha value is -1.78. The van der Waals surface area contributed by atoms with Crippen LogP contribution in [0.15, 0.2) is 16.7 Å². The predicted molar refractivity (Wildman–Crippen MR) is 73.0 cm³/mol. The maximum atomic E-state index is 12.5. The van der Waals surface area contributed by atoms with Crippen molar-refractivity contribution in [3.8, 4) is 0 Å². The Balaban J connectivity index is 2.05. The van der Waals surface area contributed by atoms with E-state index in [9.17, 15) is 14.7 Å². The van der Waals surface area contributed by atoms with Gasteiger partial charge in [0.1, 0.15) is 5.76 Å². The molecule has 0 aromatic carbocycles. The Morgan fingerprint density at radius 2 is 2.00 bits per heavy atom. The summed E-state index contributed by atoms with van der Waals surface area (Å²) in [6.07, 6.45) is 4.70. The van der Waals surface area contributed by atoms with Crippen molar-refractivity contribution in [1.29, 1.82) is 0 Å². The average Bonchev–Trinajstić information content (AvgIpc) is 2.83. The van der Waals surface area contributed by atoms with E-state index in [1.165, 1.54) is 0 Å². The van der Waals surface area contributed by atoms with Gasteiger partial charge in [0.15, 0.2) is 0 Å². The SMILES string of the molecule is Cc1occc1CN(C)C(=O)C1CCCCC1C(=O)O. The van der Waals surface area contributed by atoms with Gasteiger partial charge >= 0.3 is 5.97 Å². The molecule has 1 heterocycles. The molecule has 0 aliphatic heterocycles. The molecule has 2 unspecified atom stereocenters. The van der Waals surface area contributed by atoms with E-state index in [1.807, 2.05) is 13.0 Å². The van der Waals surface area contributed by atoms with Gasteiger partial charge in [-0.2, -0.15) is 0 Å². The first-order chi connectivity index (χ1) is 9.50. The number of carboxylic acids is 1. The van der Waals surface area contributed by atoms with Crippen molar-refractivity contribution in [2.24, 2.45) is 11.8 Å². The first-order valence-electron chi connectivity index (χ1n) is 7.01. The van der Waals surface area contributed by atoms with Crippen molar-refractivity contribution < 1.29 is 19.1 Å². The van der Waals surface area contributed by atoms with Gasteiger partial charge in [-0.15, -0.1) is 0 Å². The highest BCUT2D eigenvalue weighted by atomic mass is 16.4. The minimum Gasteiger partial charge on any atom is -0.481 e. The standard InChI is InChI=1S/C15H21NO4/c1-10-11(7-8-20-10)9-16(2)14(17)12-5-3-4-6-13(12)15(18)19/h7-8,12-13H,3-6,9H2,1-2H3,(H,18,19). The van der Waals surface area contributed by atoms with Crippen LogP contribution in [-0.4, -0.2) is 28.9 Å². The van der Waals surface area contributed by atoms with Crippen LogP contribution in [0.3, 0.4) is 0 Å². The van der Waals surface area contributed by atoms with Crippen LogP contribution in [0, 0.1) is 18.8 Å². The minimum atomic E-state index is -0.851. The van der Waals surface area contributed by atoms with Gasteiger partial charge in [0, 0.05) is 19.2 Å². The molecule has 110 valence electrons. The largest absolute Gasteiger partial charge is 0.481 e. The lowest BCUT2D eigenvalue weighted by Crippen LogP contribution is -2.40. The molecule has 1 N–H and O–H groups in total. The van der Waals surface area contributed by atoms with E-state index in [2.05, 4.69) is 0 Å². The lowest BCUT2D eigenvalue weighted by atomic mass is 9.78. The van der Waals surface area contributed by atoms with Crippen LogP contribution in [0.1, 0.15) is 37.0 Å². The molecule has 5 nitrogen and oxygen atoms in total. The first kappa shape index (κ1) is 14.6. The van der Waals surface area contributed by atoms with Crippen LogP contribution in [0.5, 0.6) is 0 Å². The highest BCUT2D eigenvalue weighted by Crippen LogP contribution is 2.32. The molecule has 0 saturated heterocycles. The molecule has 0 spiro atoms. The van der Waals surface area contributed by atoms with E-state index in [0.717, 1.165) is 24.2 Å². The number of carbonyl (C=O) groups excluding carboxylic acids is 1. The summed E-state index contributed by atoms with van der Waals surface area (Å²) < 4.78 is 5.22. The normalized spacial score (nSPS) is 22.5. The third-order valence-corrected chi connectivity index (χ3v) is 4.15. The highest BCUT2D eigenvalue weighted by molar-refractivity contribution is 5.84. The Bertz CT molecular complexity index is 494. The topological polar surface area (TPSA) is 70.8 Å². The monoisotopic (exact) mass is 279 g/mol. The van der Waals surface area contributed by atoms with Crippen molar-refractivity contribution >= 4 is 11.9 Å². The summed E-state index contributed by atoms with van der Waals surface area (Å²) in [5.74, 6) is -1.06. The second-order valence-corrected chi connectivity index (χ2v) is 5.53. The molecule has 5 heteroatoms. The number of nitrogens with zero attached hydrogens (tertiary/aromatic N) is 1. The number of hydrogen-bond acceptors (Lipinski definition) is 3. The van der Waals surface area contributed by atoms with Crippen molar-refractivity contribution in [3.63, 3.8) is 0 Å². The Morgan fingerprint density at radius 1 is 1.35 bits per heavy atom. The molecule has 1 aromatic rings. The van der Waals surface area contributed by atoms with Crippen molar-refractivity contribution in [2.75, 3.05) is 7.05 Å². The number of carbonyl (C=O) groups is 2. The zero-order chi connectivity index (χ0) is 14.7. The highest BCUT2D eigenvalue weighted by Gasteiger charge is 2.37. The van der Waals surface area contributed by atoms with Crippen LogP contribution in [-0.2, 0) is 16.1 Å². The summed E-state index contributed by atoms with van der Waals surface area (Å²) in [5, 5.41) is 9.25. The molecule has 1 aromatic heterocycles. The predicted octanol–water partition coefficient (Wildman–Crippen LogP) is 2.44. The summed E-state index contributed by atoms with van der Waals surface area (Å²) in [7, 11) is 1.72. The maximum absolute atomic E-state index is 12.5. The van der Waals surface area contributed by atoms with Crippen LogP contribution < -0.4 is 0 Å². The fourth-order valence-corrected chi connectivity index (χ4v) is 2.91. The van der Waals surface area contributed by atoms with E-state index in [1.54, 1.807) is 18.2 Å².